The number of benzene rings is 1. The molecule has 1 N–H and O–H groups in total. The van der Waals surface area contributed by atoms with E-state index in [0.29, 0.717) is 19.1 Å². The highest BCUT2D eigenvalue weighted by molar-refractivity contribution is 5.46. The van der Waals surface area contributed by atoms with E-state index in [1.807, 2.05) is 12.3 Å². The summed E-state index contributed by atoms with van der Waals surface area (Å²) in [5.74, 6) is 0. The number of hydrogen-bond donors (Lipinski definition) is 1. The highest BCUT2D eigenvalue weighted by atomic mass is 16.3. The van der Waals surface area contributed by atoms with E-state index < -0.39 is 6.10 Å². The summed E-state index contributed by atoms with van der Waals surface area (Å²) in [6, 6.07) is 13.0. The maximum Gasteiger partial charge on any atom is 0.0862 e. The van der Waals surface area contributed by atoms with Gasteiger partial charge in [-0.2, -0.15) is 5.10 Å². The molecule has 3 rings (SSSR count). The lowest BCUT2D eigenvalue weighted by molar-refractivity contribution is 0.0835. The van der Waals surface area contributed by atoms with Crippen LogP contribution in [0.4, 0.5) is 5.69 Å². The molecule has 0 radical (unpaired) electrons. The molecule has 1 aromatic heterocycles. The maximum absolute atomic E-state index is 10.3. The molecule has 0 bridgehead atoms. The number of para-hydroxylation sites is 1. The third-order valence-corrected chi connectivity index (χ3v) is 4.60. The van der Waals surface area contributed by atoms with Crippen molar-refractivity contribution in [1.82, 2.24) is 14.7 Å². The van der Waals surface area contributed by atoms with Crippen molar-refractivity contribution in [1.29, 1.82) is 0 Å². The van der Waals surface area contributed by atoms with Crippen molar-refractivity contribution < 1.29 is 5.11 Å². The van der Waals surface area contributed by atoms with Crippen LogP contribution in [0.5, 0.6) is 0 Å². The molecule has 0 saturated carbocycles. The Morgan fingerprint density at radius 1 is 1.30 bits per heavy atom. The molecule has 5 nitrogen and oxygen atoms in total. The van der Waals surface area contributed by atoms with Gasteiger partial charge < -0.3 is 10.0 Å². The zero-order chi connectivity index (χ0) is 16.1. The van der Waals surface area contributed by atoms with Crippen LogP contribution in [-0.4, -0.2) is 58.6 Å². The summed E-state index contributed by atoms with van der Waals surface area (Å²) in [4.78, 5) is 4.74. The standard InChI is InChI=1S/C18H26N4O/c1-20(14-18(23)15-22-12-6-10-19-22)17-9-5-11-21(13-17)16-7-3-2-4-8-16/h2-4,6-8,10,12,17-18,23H,5,9,11,13-15H2,1H3/t17-,18-/m1/s1. The normalized spacial score (nSPS) is 20.0. The zero-order valence-electron chi connectivity index (χ0n) is 13.8. The molecule has 2 heterocycles. The van der Waals surface area contributed by atoms with Gasteiger partial charge in [-0.15, -0.1) is 0 Å². The lowest BCUT2D eigenvalue weighted by Crippen LogP contribution is -2.49. The van der Waals surface area contributed by atoms with E-state index >= 15 is 0 Å². The van der Waals surface area contributed by atoms with Gasteiger partial charge in [0.2, 0.25) is 0 Å². The highest BCUT2D eigenvalue weighted by Gasteiger charge is 2.24. The van der Waals surface area contributed by atoms with Crippen molar-refractivity contribution in [3.63, 3.8) is 0 Å². The molecule has 1 aliphatic rings. The molecule has 1 saturated heterocycles. The monoisotopic (exact) mass is 314 g/mol. The average molecular weight is 314 g/mol. The van der Waals surface area contributed by atoms with Gasteiger partial charge in [-0.25, -0.2) is 0 Å². The van der Waals surface area contributed by atoms with Gasteiger partial charge in [0.15, 0.2) is 0 Å². The minimum absolute atomic E-state index is 0.396. The number of aliphatic hydroxyl groups is 1. The van der Waals surface area contributed by atoms with E-state index in [9.17, 15) is 5.11 Å². The number of piperidine rings is 1. The Bertz CT molecular complexity index is 572. The summed E-state index contributed by atoms with van der Waals surface area (Å²) in [5.41, 5.74) is 1.29. The van der Waals surface area contributed by atoms with Gasteiger partial charge in [0.1, 0.15) is 0 Å². The van der Waals surface area contributed by atoms with Crippen molar-refractivity contribution in [2.24, 2.45) is 0 Å². The van der Waals surface area contributed by atoms with Crippen LogP contribution in [0.15, 0.2) is 48.8 Å². The van der Waals surface area contributed by atoms with Crippen molar-refractivity contribution in [3.8, 4) is 0 Å². The fourth-order valence-electron chi connectivity index (χ4n) is 3.35. The average Bonchev–Trinajstić information content (AvgIpc) is 3.08. The lowest BCUT2D eigenvalue weighted by Gasteiger charge is -2.39. The first-order valence-corrected chi connectivity index (χ1v) is 8.38. The smallest absolute Gasteiger partial charge is 0.0862 e. The maximum atomic E-state index is 10.3. The zero-order valence-corrected chi connectivity index (χ0v) is 13.8. The molecule has 0 spiro atoms. The highest BCUT2D eigenvalue weighted by Crippen LogP contribution is 2.21. The van der Waals surface area contributed by atoms with E-state index in [1.165, 1.54) is 18.5 Å². The first-order chi connectivity index (χ1) is 11.2. The molecule has 5 heteroatoms. The Kier molecular flexibility index (Phi) is 5.31. The topological polar surface area (TPSA) is 44.5 Å². The number of anilines is 1. The largest absolute Gasteiger partial charge is 0.390 e. The molecule has 0 unspecified atom stereocenters. The number of nitrogens with zero attached hydrogens (tertiary/aromatic N) is 4. The Hall–Kier alpha value is -1.85. The number of likely N-dealkylation sites (N-methyl/N-ethyl adjacent to an activating group) is 1. The molecule has 2 aromatic rings. The van der Waals surface area contributed by atoms with Gasteiger partial charge in [0.05, 0.1) is 12.6 Å². The van der Waals surface area contributed by atoms with Crippen molar-refractivity contribution in [2.45, 2.75) is 31.5 Å². The predicted octanol–water partition coefficient (Wildman–Crippen LogP) is 1.84. The van der Waals surface area contributed by atoms with Gasteiger partial charge in [0.25, 0.3) is 0 Å². The second-order valence-corrected chi connectivity index (χ2v) is 6.40. The molecule has 0 aliphatic carbocycles. The molecule has 124 valence electrons. The fourth-order valence-corrected chi connectivity index (χ4v) is 3.35. The van der Waals surface area contributed by atoms with Crippen LogP contribution in [0.1, 0.15) is 12.8 Å². The summed E-state index contributed by atoms with van der Waals surface area (Å²) < 4.78 is 1.79. The third-order valence-electron chi connectivity index (χ3n) is 4.60. The van der Waals surface area contributed by atoms with Gasteiger partial charge >= 0.3 is 0 Å². The fraction of sp³-hybridized carbons (Fsp3) is 0.500. The van der Waals surface area contributed by atoms with E-state index in [0.717, 1.165) is 13.1 Å². The van der Waals surface area contributed by atoms with Crippen molar-refractivity contribution in [2.75, 3.05) is 31.6 Å². The first kappa shape index (κ1) is 16.0. The van der Waals surface area contributed by atoms with E-state index in [2.05, 4.69) is 52.3 Å². The van der Waals surface area contributed by atoms with Crippen molar-refractivity contribution >= 4 is 5.69 Å². The second-order valence-electron chi connectivity index (χ2n) is 6.40. The molecular weight excluding hydrogens is 288 g/mol. The van der Waals surface area contributed by atoms with Crippen LogP contribution in [0.3, 0.4) is 0 Å². The predicted molar refractivity (Wildman–Crippen MR) is 92.5 cm³/mol. The number of hydrogen-bond acceptors (Lipinski definition) is 4. The van der Waals surface area contributed by atoms with E-state index in [1.54, 1.807) is 10.9 Å². The third kappa shape index (κ3) is 4.33. The first-order valence-electron chi connectivity index (χ1n) is 8.38. The van der Waals surface area contributed by atoms with Crippen molar-refractivity contribution in [3.05, 3.63) is 48.8 Å². The summed E-state index contributed by atoms with van der Waals surface area (Å²) in [6.45, 7) is 3.36. The van der Waals surface area contributed by atoms with Gasteiger partial charge in [-0.1, -0.05) is 18.2 Å². The van der Waals surface area contributed by atoms with Crippen LogP contribution in [0, 0.1) is 0 Å². The minimum atomic E-state index is -0.396. The van der Waals surface area contributed by atoms with Crippen LogP contribution in [0.2, 0.25) is 0 Å². The summed E-state index contributed by atoms with van der Waals surface area (Å²) in [7, 11) is 2.12. The second kappa shape index (κ2) is 7.62. The molecule has 2 atom stereocenters. The molecule has 1 aromatic carbocycles. The summed E-state index contributed by atoms with van der Waals surface area (Å²) >= 11 is 0. The molecule has 0 amide bonds. The van der Waals surface area contributed by atoms with Crippen LogP contribution in [0.25, 0.3) is 0 Å². The number of rotatable bonds is 6. The number of aliphatic hydroxyl groups excluding tert-OH is 1. The van der Waals surface area contributed by atoms with Gasteiger partial charge in [-0.3, -0.25) is 9.58 Å². The van der Waals surface area contributed by atoms with E-state index in [4.69, 9.17) is 0 Å². The van der Waals surface area contributed by atoms with Gasteiger partial charge in [0, 0.05) is 43.8 Å². The number of aromatic nitrogens is 2. The van der Waals surface area contributed by atoms with Crippen LogP contribution < -0.4 is 4.90 Å². The van der Waals surface area contributed by atoms with Crippen LogP contribution in [-0.2, 0) is 6.54 Å². The van der Waals surface area contributed by atoms with Gasteiger partial charge in [-0.05, 0) is 38.1 Å². The molecule has 1 aliphatic heterocycles. The Morgan fingerprint density at radius 2 is 2.13 bits per heavy atom. The summed E-state index contributed by atoms with van der Waals surface area (Å²) in [6.07, 6.45) is 5.62. The SMILES string of the molecule is CN(C[C@@H](O)Cn1cccn1)[C@@H]1CCCN(c2ccccc2)C1. The summed E-state index contributed by atoms with van der Waals surface area (Å²) in [5, 5.41) is 14.4. The quantitative estimate of drug-likeness (QED) is 0.884. The Morgan fingerprint density at radius 3 is 2.87 bits per heavy atom. The molecule has 1 fully saturated rings. The minimum Gasteiger partial charge on any atom is -0.390 e. The Balaban J connectivity index is 1.53. The van der Waals surface area contributed by atoms with Crippen LogP contribution >= 0.6 is 0 Å². The molecular formula is C18H26N4O. The Labute approximate surface area is 138 Å². The molecule has 23 heavy (non-hydrogen) atoms. The van der Waals surface area contributed by atoms with E-state index in [-0.39, 0.29) is 0 Å². The lowest BCUT2D eigenvalue weighted by atomic mass is 10.0.